The maximum atomic E-state index is 14.7. The van der Waals surface area contributed by atoms with Gasteiger partial charge in [0.15, 0.2) is 0 Å². The van der Waals surface area contributed by atoms with E-state index in [1.807, 2.05) is 13.0 Å². The van der Waals surface area contributed by atoms with Crippen LogP contribution in [-0.4, -0.2) is 35.2 Å². The van der Waals surface area contributed by atoms with Crippen molar-refractivity contribution in [3.8, 4) is 5.75 Å². The molecule has 27 heavy (non-hydrogen) atoms. The average Bonchev–Trinajstić information content (AvgIpc) is 3.09. The first-order valence-corrected chi connectivity index (χ1v) is 9.57. The number of carboxylic acid groups (broad SMARTS) is 1. The number of benzene rings is 2. The number of likely N-dealkylation sites (tertiary alicyclic amines) is 1. The van der Waals surface area contributed by atoms with Crippen LogP contribution in [0, 0.1) is 11.6 Å². The highest BCUT2D eigenvalue weighted by molar-refractivity contribution is 9.10. The van der Waals surface area contributed by atoms with Crippen molar-refractivity contribution < 1.29 is 23.4 Å². The molecule has 1 aliphatic rings. The summed E-state index contributed by atoms with van der Waals surface area (Å²) in [6.07, 6.45) is 1.17. The monoisotopic (exact) mass is 439 g/mol. The zero-order valence-electron chi connectivity index (χ0n) is 14.8. The molecular weight excluding hydrogens is 420 g/mol. The number of hydrogen-bond acceptors (Lipinski definition) is 3. The third-order valence-electron chi connectivity index (χ3n) is 4.73. The minimum absolute atomic E-state index is 0.226. The Balaban J connectivity index is 2.19. The first kappa shape index (κ1) is 19.8. The SMILES string of the molecule is CCOc1ccc(Br)cc1C(c1ccc(F)cc1F)N1CCCC1C(=O)O. The molecule has 0 saturated carbocycles. The fourth-order valence-electron chi connectivity index (χ4n) is 3.63. The molecule has 144 valence electrons. The second-order valence-electron chi connectivity index (χ2n) is 6.42. The summed E-state index contributed by atoms with van der Waals surface area (Å²) in [6, 6.07) is 7.33. The van der Waals surface area contributed by atoms with Crippen LogP contribution in [-0.2, 0) is 4.79 Å². The molecule has 1 saturated heterocycles. The number of rotatable bonds is 6. The first-order valence-electron chi connectivity index (χ1n) is 8.78. The van der Waals surface area contributed by atoms with Crippen molar-refractivity contribution in [1.82, 2.24) is 4.90 Å². The molecule has 7 heteroatoms. The second-order valence-corrected chi connectivity index (χ2v) is 7.33. The summed E-state index contributed by atoms with van der Waals surface area (Å²) in [5, 5.41) is 9.63. The Morgan fingerprint density at radius 3 is 2.74 bits per heavy atom. The summed E-state index contributed by atoms with van der Waals surface area (Å²) in [4.78, 5) is 13.5. The van der Waals surface area contributed by atoms with E-state index in [-0.39, 0.29) is 5.56 Å². The van der Waals surface area contributed by atoms with E-state index in [1.165, 1.54) is 12.1 Å². The maximum Gasteiger partial charge on any atom is 0.320 e. The van der Waals surface area contributed by atoms with Gasteiger partial charge in [0, 0.05) is 28.2 Å². The molecule has 1 N–H and O–H groups in total. The van der Waals surface area contributed by atoms with Crippen LogP contribution >= 0.6 is 15.9 Å². The van der Waals surface area contributed by atoms with Crippen LogP contribution in [0.5, 0.6) is 5.75 Å². The number of ether oxygens (including phenoxy) is 1. The molecule has 2 unspecified atom stereocenters. The van der Waals surface area contributed by atoms with Crippen molar-refractivity contribution >= 4 is 21.9 Å². The molecule has 3 rings (SSSR count). The van der Waals surface area contributed by atoms with Crippen LogP contribution in [0.2, 0.25) is 0 Å². The molecule has 0 aliphatic carbocycles. The van der Waals surface area contributed by atoms with Crippen molar-refractivity contribution in [2.45, 2.75) is 31.8 Å². The zero-order chi connectivity index (χ0) is 19.6. The van der Waals surface area contributed by atoms with Gasteiger partial charge < -0.3 is 9.84 Å². The number of halogens is 3. The minimum atomic E-state index is -0.951. The van der Waals surface area contributed by atoms with Gasteiger partial charge in [0.2, 0.25) is 0 Å². The topological polar surface area (TPSA) is 49.8 Å². The van der Waals surface area contributed by atoms with Gasteiger partial charge in [0.1, 0.15) is 23.4 Å². The summed E-state index contributed by atoms with van der Waals surface area (Å²) in [5.41, 5.74) is 0.869. The summed E-state index contributed by atoms with van der Waals surface area (Å²) in [5.74, 6) is -1.79. The minimum Gasteiger partial charge on any atom is -0.494 e. The van der Waals surface area contributed by atoms with Crippen LogP contribution < -0.4 is 4.74 Å². The lowest BCUT2D eigenvalue weighted by Crippen LogP contribution is -2.39. The molecule has 1 heterocycles. The Hall–Kier alpha value is -1.99. The molecule has 2 aromatic rings. The molecule has 2 atom stereocenters. The van der Waals surface area contributed by atoms with E-state index in [0.717, 1.165) is 10.5 Å². The van der Waals surface area contributed by atoms with E-state index in [9.17, 15) is 18.7 Å². The Bertz CT molecular complexity index is 846. The molecule has 1 fully saturated rings. The van der Waals surface area contributed by atoms with Gasteiger partial charge in [0.25, 0.3) is 0 Å². The Morgan fingerprint density at radius 2 is 2.07 bits per heavy atom. The smallest absolute Gasteiger partial charge is 0.320 e. The molecule has 0 radical (unpaired) electrons. The predicted octanol–water partition coefficient (Wildman–Crippen LogP) is 4.76. The van der Waals surface area contributed by atoms with Gasteiger partial charge in [-0.1, -0.05) is 22.0 Å². The second kappa shape index (κ2) is 8.35. The highest BCUT2D eigenvalue weighted by Gasteiger charge is 2.39. The molecule has 0 bridgehead atoms. The van der Waals surface area contributed by atoms with E-state index in [0.29, 0.717) is 37.3 Å². The van der Waals surface area contributed by atoms with Crippen LogP contribution in [0.1, 0.15) is 36.9 Å². The lowest BCUT2D eigenvalue weighted by Gasteiger charge is -2.33. The van der Waals surface area contributed by atoms with Crippen molar-refractivity contribution in [3.63, 3.8) is 0 Å². The van der Waals surface area contributed by atoms with Crippen LogP contribution in [0.4, 0.5) is 8.78 Å². The van der Waals surface area contributed by atoms with Crippen molar-refractivity contribution in [2.24, 2.45) is 0 Å². The first-order chi connectivity index (χ1) is 12.9. The molecular formula is C20H20BrF2NO3. The number of hydrogen-bond donors (Lipinski definition) is 1. The average molecular weight is 440 g/mol. The molecule has 0 spiro atoms. The van der Waals surface area contributed by atoms with Gasteiger partial charge >= 0.3 is 5.97 Å². The van der Waals surface area contributed by atoms with Crippen molar-refractivity contribution in [2.75, 3.05) is 13.2 Å². The quantitative estimate of drug-likeness (QED) is 0.704. The van der Waals surface area contributed by atoms with Gasteiger partial charge in [-0.25, -0.2) is 8.78 Å². The zero-order valence-corrected chi connectivity index (χ0v) is 16.4. The molecule has 0 amide bonds. The number of aliphatic carboxylic acids is 1. The van der Waals surface area contributed by atoms with E-state index >= 15 is 0 Å². The van der Waals surface area contributed by atoms with Gasteiger partial charge in [-0.3, -0.25) is 9.69 Å². The van der Waals surface area contributed by atoms with E-state index in [1.54, 1.807) is 17.0 Å². The van der Waals surface area contributed by atoms with Gasteiger partial charge in [-0.2, -0.15) is 0 Å². The lowest BCUT2D eigenvalue weighted by molar-refractivity contribution is -0.142. The number of carboxylic acids is 1. The maximum absolute atomic E-state index is 14.7. The summed E-state index contributed by atoms with van der Waals surface area (Å²) >= 11 is 3.43. The molecule has 2 aromatic carbocycles. The predicted molar refractivity (Wildman–Crippen MR) is 101 cm³/mol. The van der Waals surface area contributed by atoms with Crippen molar-refractivity contribution in [1.29, 1.82) is 0 Å². The fraction of sp³-hybridized carbons (Fsp3) is 0.350. The number of carbonyl (C=O) groups is 1. The Kier molecular flexibility index (Phi) is 6.11. The third kappa shape index (κ3) is 4.14. The summed E-state index contributed by atoms with van der Waals surface area (Å²) < 4.78 is 34.7. The van der Waals surface area contributed by atoms with Gasteiger partial charge in [0.05, 0.1) is 12.6 Å². The van der Waals surface area contributed by atoms with Gasteiger partial charge in [-0.05, 0) is 44.0 Å². The lowest BCUT2D eigenvalue weighted by atomic mass is 9.94. The van der Waals surface area contributed by atoms with E-state index < -0.39 is 29.7 Å². The van der Waals surface area contributed by atoms with Gasteiger partial charge in [-0.15, -0.1) is 0 Å². The van der Waals surface area contributed by atoms with E-state index in [4.69, 9.17) is 4.74 Å². The van der Waals surface area contributed by atoms with Crippen LogP contribution in [0.25, 0.3) is 0 Å². The Morgan fingerprint density at radius 1 is 1.30 bits per heavy atom. The normalized spacial score (nSPS) is 18.4. The standard InChI is InChI=1S/C20H20BrF2NO3/c1-2-27-18-8-5-12(21)10-15(18)19(14-7-6-13(22)11-16(14)23)24-9-3-4-17(24)20(25)26/h5-8,10-11,17,19H,2-4,9H2,1H3,(H,25,26). The van der Waals surface area contributed by atoms with Crippen LogP contribution in [0.3, 0.4) is 0 Å². The highest BCUT2D eigenvalue weighted by Crippen LogP contribution is 2.41. The molecule has 0 aromatic heterocycles. The third-order valence-corrected chi connectivity index (χ3v) is 5.23. The fourth-order valence-corrected chi connectivity index (χ4v) is 4.01. The van der Waals surface area contributed by atoms with E-state index in [2.05, 4.69) is 15.9 Å². The molecule has 1 aliphatic heterocycles. The Labute approximate surface area is 164 Å². The summed E-state index contributed by atoms with van der Waals surface area (Å²) in [7, 11) is 0. The highest BCUT2D eigenvalue weighted by atomic mass is 79.9. The molecule has 4 nitrogen and oxygen atoms in total. The van der Waals surface area contributed by atoms with Crippen LogP contribution in [0.15, 0.2) is 40.9 Å². The summed E-state index contributed by atoms with van der Waals surface area (Å²) in [6.45, 7) is 2.75. The number of nitrogens with zero attached hydrogens (tertiary/aromatic N) is 1. The van der Waals surface area contributed by atoms with Crippen molar-refractivity contribution in [3.05, 3.63) is 63.6 Å². The largest absolute Gasteiger partial charge is 0.494 e.